The number of aryl methyl sites for hydroxylation is 1. The Bertz CT molecular complexity index is 1520. The van der Waals surface area contributed by atoms with Crippen molar-refractivity contribution in [2.75, 3.05) is 20.0 Å². The largest absolute Gasteiger partial charge is 0.497 e. The van der Waals surface area contributed by atoms with Gasteiger partial charge in [0.15, 0.2) is 5.82 Å². The van der Waals surface area contributed by atoms with Gasteiger partial charge in [-0.1, -0.05) is 54.1 Å². The molecule has 3 aromatic carbocycles. The molecule has 1 aliphatic rings. The van der Waals surface area contributed by atoms with Gasteiger partial charge in [-0.2, -0.15) is 12.5 Å². The molecule has 0 unspecified atom stereocenters. The number of allylic oxidation sites excluding steroid dienone is 1. The third-order valence-corrected chi connectivity index (χ3v) is 8.34. The van der Waals surface area contributed by atoms with Crippen LogP contribution >= 0.6 is 0 Å². The maximum Gasteiger partial charge on any atom is 0.283 e. The van der Waals surface area contributed by atoms with Crippen LogP contribution < -0.4 is 15.2 Å². The van der Waals surface area contributed by atoms with E-state index in [9.17, 15) is 8.42 Å². The molecule has 0 saturated heterocycles. The summed E-state index contributed by atoms with van der Waals surface area (Å²) in [5.74, 6) is 1.57. The molecule has 1 heterocycles. The van der Waals surface area contributed by atoms with Gasteiger partial charge < -0.3 is 15.2 Å². The zero-order valence-corrected chi connectivity index (χ0v) is 21.1. The van der Waals surface area contributed by atoms with Gasteiger partial charge in [-0.05, 0) is 54.4 Å². The van der Waals surface area contributed by atoms with Crippen LogP contribution in [0.5, 0.6) is 11.5 Å². The van der Waals surface area contributed by atoms with Crippen LogP contribution in [0.1, 0.15) is 27.9 Å². The van der Waals surface area contributed by atoms with E-state index in [2.05, 4.69) is 11.2 Å². The van der Waals surface area contributed by atoms with E-state index in [1.165, 1.54) is 0 Å². The molecule has 36 heavy (non-hydrogen) atoms. The van der Waals surface area contributed by atoms with Crippen molar-refractivity contribution in [3.05, 3.63) is 107 Å². The minimum Gasteiger partial charge on any atom is -0.497 e. The SMILES string of the molecule is COc1cccc(C2(c3cccc(OC)c3)C=Cc3c(N)nn(S(=O)(=O)c4ccc(C)cc4)c3C2)c1. The predicted octanol–water partition coefficient (Wildman–Crippen LogP) is 4.58. The maximum absolute atomic E-state index is 13.7. The highest BCUT2D eigenvalue weighted by Crippen LogP contribution is 2.44. The Labute approximate surface area is 210 Å². The second kappa shape index (κ2) is 8.87. The van der Waals surface area contributed by atoms with E-state index >= 15 is 0 Å². The maximum atomic E-state index is 13.7. The fraction of sp³-hybridized carbons (Fsp3) is 0.179. The smallest absolute Gasteiger partial charge is 0.283 e. The lowest BCUT2D eigenvalue weighted by Crippen LogP contribution is -2.32. The van der Waals surface area contributed by atoms with Crippen LogP contribution in [0.3, 0.4) is 0 Å². The third kappa shape index (κ3) is 3.83. The van der Waals surface area contributed by atoms with Crippen LogP contribution in [-0.4, -0.2) is 31.8 Å². The van der Waals surface area contributed by atoms with Crippen LogP contribution in [0.4, 0.5) is 5.82 Å². The van der Waals surface area contributed by atoms with Gasteiger partial charge in [-0.25, -0.2) is 0 Å². The number of benzene rings is 3. The molecule has 1 aliphatic carbocycles. The highest BCUT2D eigenvalue weighted by Gasteiger charge is 2.40. The molecule has 4 aromatic rings. The molecular weight excluding hydrogens is 474 g/mol. The summed E-state index contributed by atoms with van der Waals surface area (Å²) < 4.78 is 39.5. The van der Waals surface area contributed by atoms with E-state index in [4.69, 9.17) is 15.2 Å². The second-order valence-corrected chi connectivity index (χ2v) is 10.6. The fourth-order valence-electron chi connectivity index (χ4n) is 4.73. The van der Waals surface area contributed by atoms with Crippen molar-refractivity contribution in [1.29, 1.82) is 0 Å². The Hall–Kier alpha value is -4.04. The Balaban J connectivity index is 1.73. The first-order valence-corrected chi connectivity index (χ1v) is 12.9. The number of nitrogens with zero attached hydrogens (tertiary/aromatic N) is 2. The topological polar surface area (TPSA) is 96.4 Å². The summed E-state index contributed by atoms with van der Waals surface area (Å²) in [5, 5.41) is 4.29. The van der Waals surface area contributed by atoms with Crippen molar-refractivity contribution in [2.24, 2.45) is 0 Å². The van der Waals surface area contributed by atoms with Crippen molar-refractivity contribution in [3.63, 3.8) is 0 Å². The number of rotatable bonds is 6. The molecule has 0 fully saturated rings. The lowest BCUT2D eigenvalue weighted by molar-refractivity contribution is 0.411. The summed E-state index contributed by atoms with van der Waals surface area (Å²) >= 11 is 0. The Morgan fingerprint density at radius 2 is 1.50 bits per heavy atom. The van der Waals surface area contributed by atoms with Crippen LogP contribution in [0.25, 0.3) is 6.08 Å². The zero-order valence-electron chi connectivity index (χ0n) is 20.3. The van der Waals surface area contributed by atoms with Crippen molar-refractivity contribution in [2.45, 2.75) is 23.7 Å². The van der Waals surface area contributed by atoms with Crippen LogP contribution in [-0.2, 0) is 21.9 Å². The number of nitrogen functional groups attached to an aromatic ring is 1. The molecule has 0 aliphatic heterocycles. The van der Waals surface area contributed by atoms with Gasteiger partial charge in [-0.15, -0.1) is 5.10 Å². The van der Waals surface area contributed by atoms with E-state index in [1.54, 1.807) is 38.5 Å². The number of fused-ring (bicyclic) bond motifs is 1. The molecule has 0 radical (unpaired) electrons. The first kappa shape index (κ1) is 23.7. The molecule has 5 rings (SSSR count). The first-order valence-electron chi connectivity index (χ1n) is 11.5. The van der Waals surface area contributed by atoms with E-state index in [-0.39, 0.29) is 10.7 Å². The van der Waals surface area contributed by atoms with Gasteiger partial charge in [0.1, 0.15) is 11.5 Å². The van der Waals surface area contributed by atoms with E-state index in [0.29, 0.717) is 29.2 Å². The summed E-state index contributed by atoms with van der Waals surface area (Å²) in [7, 11) is -0.732. The molecule has 8 heteroatoms. The van der Waals surface area contributed by atoms with E-state index < -0.39 is 15.4 Å². The third-order valence-electron chi connectivity index (χ3n) is 6.71. The number of anilines is 1. The Morgan fingerprint density at radius 1 is 0.917 bits per heavy atom. The highest BCUT2D eigenvalue weighted by atomic mass is 32.2. The molecule has 184 valence electrons. The summed E-state index contributed by atoms with van der Waals surface area (Å²) in [6, 6.07) is 22.3. The normalized spacial score (nSPS) is 14.3. The fourth-order valence-corrected chi connectivity index (χ4v) is 6.06. The van der Waals surface area contributed by atoms with Crippen LogP contribution in [0.2, 0.25) is 0 Å². The molecule has 0 bridgehead atoms. The summed E-state index contributed by atoms with van der Waals surface area (Å²) in [6.07, 6.45) is 4.23. The van der Waals surface area contributed by atoms with E-state index in [1.807, 2.05) is 61.5 Å². The number of aromatic nitrogens is 2. The van der Waals surface area contributed by atoms with Gasteiger partial charge in [0.2, 0.25) is 0 Å². The van der Waals surface area contributed by atoms with Crippen molar-refractivity contribution < 1.29 is 17.9 Å². The average molecular weight is 502 g/mol. The lowest BCUT2D eigenvalue weighted by atomic mass is 9.68. The number of nitrogens with two attached hydrogens (primary N) is 1. The second-order valence-electron chi connectivity index (χ2n) is 8.85. The summed E-state index contributed by atoms with van der Waals surface area (Å²) in [4.78, 5) is 0.154. The molecule has 0 atom stereocenters. The monoisotopic (exact) mass is 501 g/mol. The zero-order chi connectivity index (χ0) is 25.5. The minimum absolute atomic E-state index is 0.154. The molecule has 7 nitrogen and oxygen atoms in total. The minimum atomic E-state index is -3.97. The quantitative estimate of drug-likeness (QED) is 0.415. The van der Waals surface area contributed by atoms with Crippen molar-refractivity contribution >= 4 is 21.9 Å². The van der Waals surface area contributed by atoms with Gasteiger partial charge >= 0.3 is 0 Å². The average Bonchev–Trinajstić information content (AvgIpc) is 3.25. The number of hydrogen-bond donors (Lipinski definition) is 1. The molecule has 0 amide bonds. The highest BCUT2D eigenvalue weighted by molar-refractivity contribution is 7.89. The van der Waals surface area contributed by atoms with Crippen LogP contribution in [0.15, 0.2) is 83.8 Å². The molecule has 0 saturated carbocycles. The summed E-state index contributed by atoms with van der Waals surface area (Å²) in [5.41, 5.74) is 9.48. The lowest BCUT2D eigenvalue weighted by Gasteiger charge is -2.35. The Morgan fingerprint density at radius 3 is 2.06 bits per heavy atom. The van der Waals surface area contributed by atoms with Gasteiger partial charge in [0.05, 0.1) is 24.8 Å². The predicted molar refractivity (Wildman–Crippen MR) is 140 cm³/mol. The Kier molecular flexibility index (Phi) is 5.84. The number of hydrogen-bond acceptors (Lipinski definition) is 6. The van der Waals surface area contributed by atoms with Gasteiger partial charge in [0, 0.05) is 17.4 Å². The first-order chi connectivity index (χ1) is 17.3. The van der Waals surface area contributed by atoms with Crippen LogP contribution in [0, 0.1) is 6.92 Å². The molecule has 2 N–H and O–H groups in total. The molecule has 0 spiro atoms. The summed E-state index contributed by atoms with van der Waals surface area (Å²) in [6.45, 7) is 1.91. The molecule has 1 aromatic heterocycles. The van der Waals surface area contributed by atoms with Crippen molar-refractivity contribution in [1.82, 2.24) is 9.19 Å². The van der Waals surface area contributed by atoms with E-state index in [0.717, 1.165) is 20.8 Å². The van der Waals surface area contributed by atoms with Gasteiger partial charge in [-0.3, -0.25) is 0 Å². The van der Waals surface area contributed by atoms with Gasteiger partial charge in [0.25, 0.3) is 10.0 Å². The number of ether oxygens (including phenoxy) is 2. The standard InChI is InChI=1S/C28H27N3O4S/c1-19-10-12-24(13-11-19)36(32,33)31-26-18-28(15-14-25(26)27(29)30-31,20-6-4-8-22(16-20)34-2)21-7-5-9-23(17-21)35-3/h4-17H,18H2,1-3H3,(H2,29,30). The van der Waals surface area contributed by atoms with Crippen molar-refractivity contribution in [3.8, 4) is 11.5 Å². The number of methoxy groups -OCH3 is 2. The molecular formula is C28H27N3O4S.